The van der Waals surface area contributed by atoms with Gasteiger partial charge in [0.1, 0.15) is 5.82 Å². The number of rotatable bonds is 0. The highest BCUT2D eigenvalue weighted by atomic mass is 15.1. The second-order valence-electron chi connectivity index (χ2n) is 1.63. The number of hydrogen-bond donors (Lipinski definition) is 2. The predicted octanol–water partition coefficient (Wildman–Crippen LogP) is -0.416. The summed E-state index contributed by atoms with van der Waals surface area (Å²) in [5.74, 6) is 0.914. The Labute approximate surface area is 47.1 Å². The van der Waals surface area contributed by atoms with Crippen LogP contribution in [0.2, 0.25) is 0 Å². The average molecular weight is 112 g/mol. The molecule has 0 aliphatic rings. The van der Waals surface area contributed by atoms with E-state index in [-0.39, 0.29) is 0 Å². The van der Waals surface area contributed by atoms with Gasteiger partial charge < -0.3 is 16.0 Å². The molecule has 0 aliphatic carbocycles. The highest BCUT2D eigenvalue weighted by Gasteiger charge is 1.95. The zero-order valence-corrected chi connectivity index (χ0v) is 4.63. The molecule has 4 heteroatoms. The van der Waals surface area contributed by atoms with Crippen LogP contribution in [-0.4, -0.2) is 9.55 Å². The quantitative estimate of drug-likeness (QED) is 0.479. The first-order valence-electron chi connectivity index (χ1n) is 2.24. The Morgan fingerprint density at radius 2 is 2.25 bits per heavy atom. The van der Waals surface area contributed by atoms with Gasteiger partial charge in [-0.15, -0.1) is 0 Å². The summed E-state index contributed by atoms with van der Waals surface area (Å²) in [5, 5.41) is 0. The molecule has 1 aromatic rings. The van der Waals surface area contributed by atoms with Crippen molar-refractivity contribution in [1.29, 1.82) is 0 Å². The van der Waals surface area contributed by atoms with E-state index in [2.05, 4.69) is 4.98 Å². The third-order valence-electron chi connectivity index (χ3n) is 1.01. The number of hydrogen-bond acceptors (Lipinski definition) is 3. The zero-order chi connectivity index (χ0) is 6.15. The van der Waals surface area contributed by atoms with Crippen LogP contribution < -0.4 is 11.5 Å². The van der Waals surface area contributed by atoms with Crippen LogP contribution in [0.15, 0.2) is 6.33 Å². The van der Waals surface area contributed by atoms with Gasteiger partial charge in [0.05, 0.1) is 6.33 Å². The Bertz CT molecular complexity index is 170. The standard InChI is InChI=1S/C4H8N4/c1-8-2-7-3(5)4(8)6/h2H,5-6H2,1H3. The molecule has 4 nitrogen and oxygen atoms in total. The van der Waals surface area contributed by atoms with E-state index in [1.165, 1.54) is 0 Å². The molecule has 0 unspecified atom stereocenters. The summed E-state index contributed by atoms with van der Waals surface area (Å²) < 4.78 is 1.66. The van der Waals surface area contributed by atoms with Crippen LogP contribution in [0.3, 0.4) is 0 Å². The fraction of sp³-hybridized carbons (Fsp3) is 0.250. The zero-order valence-electron chi connectivity index (χ0n) is 4.63. The van der Waals surface area contributed by atoms with Gasteiger partial charge in [-0.3, -0.25) is 0 Å². The van der Waals surface area contributed by atoms with Crippen LogP contribution in [0.1, 0.15) is 0 Å². The SMILES string of the molecule is Cn1cnc(N)c1N. The third kappa shape index (κ3) is 0.501. The van der Waals surface area contributed by atoms with Crippen molar-refractivity contribution in [2.24, 2.45) is 7.05 Å². The maximum Gasteiger partial charge on any atom is 0.166 e. The Kier molecular flexibility index (Phi) is 0.865. The maximum absolute atomic E-state index is 5.38. The molecule has 8 heavy (non-hydrogen) atoms. The first-order valence-corrected chi connectivity index (χ1v) is 2.24. The second-order valence-corrected chi connectivity index (χ2v) is 1.63. The lowest BCUT2D eigenvalue weighted by atomic mass is 10.7. The number of aryl methyl sites for hydroxylation is 1. The van der Waals surface area contributed by atoms with Crippen molar-refractivity contribution in [3.8, 4) is 0 Å². The van der Waals surface area contributed by atoms with Crippen LogP contribution in [0.25, 0.3) is 0 Å². The monoisotopic (exact) mass is 112 g/mol. The summed E-state index contributed by atoms with van der Waals surface area (Å²) in [6.07, 6.45) is 1.57. The molecule has 0 spiro atoms. The van der Waals surface area contributed by atoms with Gasteiger partial charge in [0.25, 0.3) is 0 Å². The number of anilines is 2. The number of nitrogens with zero attached hydrogens (tertiary/aromatic N) is 2. The van der Waals surface area contributed by atoms with Crippen molar-refractivity contribution in [2.75, 3.05) is 11.5 Å². The molecule has 0 aliphatic heterocycles. The van der Waals surface area contributed by atoms with Crippen LogP contribution >= 0.6 is 0 Å². The van der Waals surface area contributed by atoms with E-state index < -0.39 is 0 Å². The smallest absolute Gasteiger partial charge is 0.166 e. The van der Waals surface area contributed by atoms with E-state index in [4.69, 9.17) is 11.5 Å². The van der Waals surface area contributed by atoms with Gasteiger partial charge in [0.2, 0.25) is 0 Å². The predicted molar refractivity (Wildman–Crippen MR) is 32.0 cm³/mol. The second kappa shape index (κ2) is 1.40. The van der Waals surface area contributed by atoms with Crippen LogP contribution in [0.5, 0.6) is 0 Å². The summed E-state index contributed by atoms with van der Waals surface area (Å²) >= 11 is 0. The molecule has 0 bridgehead atoms. The summed E-state index contributed by atoms with van der Waals surface area (Å²) in [6.45, 7) is 0. The van der Waals surface area contributed by atoms with Crippen LogP contribution in [0.4, 0.5) is 11.6 Å². The van der Waals surface area contributed by atoms with E-state index in [0.29, 0.717) is 11.6 Å². The van der Waals surface area contributed by atoms with Crippen LogP contribution in [0, 0.1) is 0 Å². The topological polar surface area (TPSA) is 69.9 Å². The average Bonchev–Trinajstić information content (AvgIpc) is 1.98. The van der Waals surface area contributed by atoms with Crippen molar-refractivity contribution in [1.82, 2.24) is 9.55 Å². The van der Waals surface area contributed by atoms with Crippen molar-refractivity contribution in [3.63, 3.8) is 0 Å². The lowest BCUT2D eigenvalue weighted by molar-refractivity contribution is 0.925. The fourth-order valence-electron chi connectivity index (χ4n) is 0.458. The Morgan fingerprint density at radius 1 is 1.62 bits per heavy atom. The van der Waals surface area contributed by atoms with Crippen LogP contribution in [-0.2, 0) is 7.05 Å². The van der Waals surface area contributed by atoms with Crippen molar-refractivity contribution < 1.29 is 0 Å². The van der Waals surface area contributed by atoms with Gasteiger partial charge in [-0.1, -0.05) is 0 Å². The highest BCUT2D eigenvalue weighted by molar-refractivity contribution is 5.52. The first kappa shape index (κ1) is 4.96. The minimum atomic E-state index is 0.396. The summed E-state index contributed by atoms with van der Waals surface area (Å²) in [7, 11) is 1.79. The van der Waals surface area contributed by atoms with Gasteiger partial charge in [0.15, 0.2) is 5.82 Å². The number of nitrogen functional groups attached to an aromatic ring is 2. The van der Waals surface area contributed by atoms with Crippen molar-refractivity contribution >= 4 is 11.6 Å². The highest BCUT2D eigenvalue weighted by Crippen LogP contribution is 2.07. The van der Waals surface area contributed by atoms with Gasteiger partial charge in [-0.05, 0) is 0 Å². The molecular formula is C4H8N4. The minimum absolute atomic E-state index is 0.396. The summed E-state index contributed by atoms with van der Waals surface area (Å²) in [5.41, 5.74) is 10.7. The third-order valence-corrected chi connectivity index (χ3v) is 1.01. The molecule has 1 aromatic heterocycles. The Balaban J connectivity index is 3.19. The number of imidazole rings is 1. The Hall–Kier alpha value is -1.19. The normalized spacial score (nSPS) is 9.62. The van der Waals surface area contributed by atoms with Crippen molar-refractivity contribution in [3.05, 3.63) is 6.33 Å². The Morgan fingerprint density at radius 3 is 2.38 bits per heavy atom. The van der Waals surface area contributed by atoms with Gasteiger partial charge >= 0.3 is 0 Å². The van der Waals surface area contributed by atoms with Gasteiger partial charge in [0, 0.05) is 7.05 Å². The molecule has 0 fully saturated rings. The fourth-order valence-corrected chi connectivity index (χ4v) is 0.458. The van der Waals surface area contributed by atoms with Gasteiger partial charge in [-0.25, -0.2) is 4.98 Å². The molecule has 0 saturated carbocycles. The molecule has 1 heterocycles. The summed E-state index contributed by atoms with van der Waals surface area (Å²) in [4.78, 5) is 3.73. The minimum Gasteiger partial charge on any atom is -0.382 e. The van der Waals surface area contributed by atoms with Crippen molar-refractivity contribution in [2.45, 2.75) is 0 Å². The molecule has 0 radical (unpaired) electrons. The molecular weight excluding hydrogens is 104 g/mol. The molecule has 0 saturated heterocycles. The van der Waals surface area contributed by atoms with E-state index in [1.54, 1.807) is 17.9 Å². The summed E-state index contributed by atoms with van der Waals surface area (Å²) in [6, 6.07) is 0. The van der Waals surface area contributed by atoms with Gasteiger partial charge in [-0.2, -0.15) is 0 Å². The molecule has 44 valence electrons. The molecule has 0 amide bonds. The largest absolute Gasteiger partial charge is 0.382 e. The van der Waals surface area contributed by atoms with E-state index in [9.17, 15) is 0 Å². The molecule has 0 aromatic carbocycles. The lowest BCUT2D eigenvalue weighted by Crippen LogP contribution is -1.97. The molecule has 4 N–H and O–H groups in total. The van der Waals surface area contributed by atoms with E-state index in [1.807, 2.05) is 0 Å². The molecule has 1 rings (SSSR count). The molecule has 0 atom stereocenters. The number of nitrogens with two attached hydrogens (primary N) is 2. The number of aromatic nitrogens is 2. The van der Waals surface area contributed by atoms with E-state index in [0.717, 1.165) is 0 Å². The first-order chi connectivity index (χ1) is 3.72. The van der Waals surface area contributed by atoms with E-state index >= 15 is 0 Å². The lowest BCUT2D eigenvalue weighted by Gasteiger charge is -1.90. The maximum atomic E-state index is 5.38.